The number of hydrogen-bond acceptors (Lipinski definition) is 4. The second kappa shape index (κ2) is 7.07. The summed E-state index contributed by atoms with van der Waals surface area (Å²) in [6.07, 6.45) is 0. The minimum Gasteiger partial charge on any atom is -0.383 e. The summed E-state index contributed by atoms with van der Waals surface area (Å²) in [6, 6.07) is 2.10. The van der Waals surface area contributed by atoms with Crippen molar-refractivity contribution >= 4 is 17.2 Å². The standard InChI is InChI=1S/C16H23N3O2S/c1-10(8-21-5)17-16(20)7-19-11(2)6-14(12(19)3)15-9-22-13(4)18-15/h6,9-10H,7-8H2,1-5H3,(H,17,20)/t10-/m0/s1. The molecule has 0 aromatic carbocycles. The first-order chi connectivity index (χ1) is 10.4. The van der Waals surface area contributed by atoms with Crippen LogP contribution in [0.25, 0.3) is 11.3 Å². The van der Waals surface area contributed by atoms with Crippen LogP contribution in [0.4, 0.5) is 0 Å². The van der Waals surface area contributed by atoms with Gasteiger partial charge in [-0.15, -0.1) is 11.3 Å². The number of nitrogens with zero attached hydrogens (tertiary/aromatic N) is 2. The lowest BCUT2D eigenvalue weighted by Crippen LogP contribution is -2.38. The van der Waals surface area contributed by atoms with Crippen LogP contribution in [0.1, 0.15) is 23.3 Å². The maximum absolute atomic E-state index is 12.2. The Hall–Kier alpha value is -1.66. The van der Waals surface area contributed by atoms with Gasteiger partial charge in [0.25, 0.3) is 0 Å². The van der Waals surface area contributed by atoms with E-state index in [0.29, 0.717) is 13.2 Å². The third-order valence-electron chi connectivity index (χ3n) is 3.59. The Kier molecular flexibility index (Phi) is 5.37. The number of nitrogens with one attached hydrogen (secondary N) is 1. The lowest BCUT2D eigenvalue weighted by atomic mass is 10.2. The highest BCUT2D eigenvalue weighted by atomic mass is 32.1. The van der Waals surface area contributed by atoms with Crippen LogP contribution in [0.5, 0.6) is 0 Å². The SMILES string of the molecule is COC[C@H](C)NC(=O)Cn1c(C)cc(-c2csc(C)n2)c1C. The molecule has 2 heterocycles. The fourth-order valence-electron chi connectivity index (χ4n) is 2.55. The quantitative estimate of drug-likeness (QED) is 0.890. The van der Waals surface area contributed by atoms with Crippen LogP contribution in [0, 0.1) is 20.8 Å². The second-order valence-corrected chi connectivity index (χ2v) is 6.61. The molecule has 2 rings (SSSR count). The summed E-state index contributed by atoms with van der Waals surface area (Å²) in [7, 11) is 1.63. The van der Waals surface area contributed by atoms with Gasteiger partial charge in [-0.2, -0.15) is 0 Å². The summed E-state index contributed by atoms with van der Waals surface area (Å²) in [5.41, 5.74) is 4.21. The molecule has 0 radical (unpaired) electrons. The van der Waals surface area contributed by atoms with Gasteiger partial charge in [0.2, 0.25) is 5.91 Å². The van der Waals surface area contributed by atoms with Crippen LogP contribution in [0.3, 0.4) is 0 Å². The van der Waals surface area contributed by atoms with E-state index in [1.807, 2.05) is 32.3 Å². The van der Waals surface area contributed by atoms with Gasteiger partial charge in [-0.1, -0.05) is 0 Å². The molecule has 0 fully saturated rings. The van der Waals surface area contributed by atoms with Crippen molar-refractivity contribution in [2.45, 2.75) is 40.3 Å². The average molecular weight is 321 g/mol. The van der Waals surface area contributed by atoms with E-state index >= 15 is 0 Å². The Bertz CT molecular complexity index is 660. The molecule has 1 atom stereocenters. The van der Waals surface area contributed by atoms with Gasteiger partial charge in [0.15, 0.2) is 0 Å². The predicted octanol–water partition coefficient (Wildman–Crippen LogP) is 2.69. The molecule has 0 spiro atoms. The van der Waals surface area contributed by atoms with E-state index in [0.717, 1.165) is 27.7 Å². The van der Waals surface area contributed by atoms with Gasteiger partial charge >= 0.3 is 0 Å². The minimum absolute atomic E-state index is 0.00708. The maximum Gasteiger partial charge on any atom is 0.240 e. The molecule has 0 unspecified atom stereocenters. The Labute approximate surface area is 135 Å². The van der Waals surface area contributed by atoms with Crippen LogP contribution in [-0.4, -0.2) is 35.2 Å². The van der Waals surface area contributed by atoms with Crippen molar-refractivity contribution in [1.29, 1.82) is 0 Å². The Balaban J connectivity index is 2.15. The number of thiazole rings is 1. The van der Waals surface area contributed by atoms with E-state index in [2.05, 4.69) is 21.7 Å². The molecule has 2 aromatic rings. The van der Waals surface area contributed by atoms with Crippen molar-refractivity contribution < 1.29 is 9.53 Å². The molecule has 0 bridgehead atoms. The van der Waals surface area contributed by atoms with Crippen LogP contribution >= 0.6 is 11.3 Å². The van der Waals surface area contributed by atoms with Gasteiger partial charge in [0.1, 0.15) is 6.54 Å². The third kappa shape index (κ3) is 3.75. The number of carbonyl (C=O) groups excluding carboxylic acids is 1. The zero-order chi connectivity index (χ0) is 16.3. The predicted molar refractivity (Wildman–Crippen MR) is 89.2 cm³/mol. The summed E-state index contributed by atoms with van der Waals surface area (Å²) in [6.45, 7) is 8.80. The molecule has 120 valence electrons. The number of amides is 1. The summed E-state index contributed by atoms with van der Waals surface area (Å²) < 4.78 is 7.06. The average Bonchev–Trinajstić information content (AvgIpc) is 2.97. The normalized spacial score (nSPS) is 12.4. The number of aryl methyl sites for hydroxylation is 2. The smallest absolute Gasteiger partial charge is 0.240 e. The van der Waals surface area contributed by atoms with Gasteiger partial charge in [-0.3, -0.25) is 4.79 Å². The largest absolute Gasteiger partial charge is 0.383 e. The van der Waals surface area contributed by atoms with E-state index in [9.17, 15) is 4.79 Å². The van der Waals surface area contributed by atoms with E-state index in [4.69, 9.17) is 4.74 Å². The number of rotatable bonds is 6. The van der Waals surface area contributed by atoms with E-state index < -0.39 is 0 Å². The Morgan fingerprint density at radius 3 is 2.77 bits per heavy atom. The number of hydrogen-bond donors (Lipinski definition) is 1. The summed E-state index contributed by atoms with van der Waals surface area (Å²) in [4.78, 5) is 16.7. The molecule has 0 saturated heterocycles. The van der Waals surface area contributed by atoms with Crippen LogP contribution < -0.4 is 5.32 Å². The molecular weight excluding hydrogens is 298 g/mol. The van der Waals surface area contributed by atoms with Crippen molar-refractivity contribution in [1.82, 2.24) is 14.9 Å². The van der Waals surface area contributed by atoms with Crippen molar-refractivity contribution in [2.24, 2.45) is 0 Å². The van der Waals surface area contributed by atoms with Crippen LogP contribution in [-0.2, 0) is 16.1 Å². The molecule has 0 aliphatic carbocycles. The van der Waals surface area contributed by atoms with E-state index in [1.165, 1.54) is 0 Å². The van der Waals surface area contributed by atoms with Crippen LogP contribution in [0.2, 0.25) is 0 Å². The third-order valence-corrected chi connectivity index (χ3v) is 4.37. The maximum atomic E-state index is 12.2. The lowest BCUT2D eigenvalue weighted by molar-refractivity contribution is -0.122. The molecule has 0 saturated carbocycles. The van der Waals surface area contributed by atoms with Gasteiger partial charge in [-0.25, -0.2) is 4.98 Å². The highest BCUT2D eigenvalue weighted by Crippen LogP contribution is 2.27. The molecule has 2 aromatic heterocycles. The minimum atomic E-state index is -0.00708. The number of aromatic nitrogens is 2. The van der Waals surface area contributed by atoms with Crippen molar-refractivity contribution in [3.63, 3.8) is 0 Å². The second-order valence-electron chi connectivity index (χ2n) is 5.55. The first-order valence-corrected chi connectivity index (χ1v) is 8.18. The number of carbonyl (C=O) groups is 1. The highest BCUT2D eigenvalue weighted by molar-refractivity contribution is 7.09. The van der Waals surface area contributed by atoms with Crippen molar-refractivity contribution in [2.75, 3.05) is 13.7 Å². The summed E-state index contributed by atoms with van der Waals surface area (Å²) >= 11 is 1.64. The number of methoxy groups -OCH3 is 1. The topological polar surface area (TPSA) is 56.1 Å². The van der Waals surface area contributed by atoms with Gasteiger partial charge in [0.05, 0.1) is 17.3 Å². The van der Waals surface area contributed by atoms with Crippen LogP contribution in [0.15, 0.2) is 11.4 Å². The molecular formula is C16H23N3O2S. The molecule has 0 aliphatic rings. The zero-order valence-electron chi connectivity index (χ0n) is 13.8. The first kappa shape index (κ1) is 16.7. The molecule has 1 N–H and O–H groups in total. The van der Waals surface area contributed by atoms with Gasteiger partial charge in [-0.05, 0) is 33.8 Å². The number of ether oxygens (including phenoxy) is 1. The van der Waals surface area contributed by atoms with E-state index in [-0.39, 0.29) is 11.9 Å². The first-order valence-electron chi connectivity index (χ1n) is 7.30. The molecule has 0 aliphatic heterocycles. The molecule has 1 amide bonds. The lowest BCUT2D eigenvalue weighted by Gasteiger charge is -2.15. The van der Waals surface area contributed by atoms with Gasteiger partial charge < -0.3 is 14.6 Å². The zero-order valence-corrected chi connectivity index (χ0v) is 14.6. The summed E-state index contributed by atoms with van der Waals surface area (Å²) in [5.74, 6) is -0.00708. The molecule has 22 heavy (non-hydrogen) atoms. The highest BCUT2D eigenvalue weighted by Gasteiger charge is 2.16. The fourth-order valence-corrected chi connectivity index (χ4v) is 3.16. The van der Waals surface area contributed by atoms with Gasteiger partial charge in [0, 0.05) is 35.5 Å². The Morgan fingerprint density at radius 2 is 2.18 bits per heavy atom. The molecule has 5 nitrogen and oxygen atoms in total. The fraction of sp³-hybridized carbons (Fsp3) is 0.500. The summed E-state index contributed by atoms with van der Waals surface area (Å²) in [5, 5.41) is 6.04. The van der Waals surface area contributed by atoms with E-state index in [1.54, 1.807) is 18.4 Å². The Morgan fingerprint density at radius 1 is 1.45 bits per heavy atom. The monoisotopic (exact) mass is 321 g/mol. The van der Waals surface area contributed by atoms with Crippen molar-refractivity contribution in [3.05, 3.63) is 27.8 Å². The van der Waals surface area contributed by atoms with Crippen molar-refractivity contribution in [3.8, 4) is 11.3 Å². The molecule has 6 heteroatoms.